The summed E-state index contributed by atoms with van der Waals surface area (Å²) in [7, 11) is 1.31. The van der Waals surface area contributed by atoms with Gasteiger partial charge in [0.2, 0.25) is 0 Å². The number of carbonyl (C=O) groups is 1. The van der Waals surface area contributed by atoms with Crippen LogP contribution in [0.15, 0.2) is 12.3 Å². The summed E-state index contributed by atoms with van der Waals surface area (Å²) < 4.78 is 5.32. The summed E-state index contributed by atoms with van der Waals surface area (Å²) >= 11 is 7.07. The van der Waals surface area contributed by atoms with Crippen LogP contribution in [0.25, 0.3) is 10.1 Å². The highest BCUT2D eigenvalue weighted by atomic mass is 35.5. The van der Waals surface area contributed by atoms with Crippen LogP contribution in [-0.2, 0) is 4.74 Å². The minimum absolute atomic E-state index is 0.347. The van der Waals surface area contributed by atoms with Gasteiger partial charge in [0, 0.05) is 11.6 Å². The molecular weight excluding hydrogens is 236 g/mol. The van der Waals surface area contributed by atoms with Crippen LogP contribution in [0.1, 0.15) is 9.67 Å². The van der Waals surface area contributed by atoms with Crippen molar-refractivity contribution in [2.45, 2.75) is 0 Å². The van der Waals surface area contributed by atoms with Crippen LogP contribution >= 0.6 is 22.9 Å². The predicted octanol–water partition coefficient (Wildman–Crippen LogP) is 2.32. The number of pyridine rings is 1. The maximum atomic E-state index is 11.4. The van der Waals surface area contributed by atoms with E-state index in [0.717, 1.165) is 5.39 Å². The van der Waals surface area contributed by atoms with Gasteiger partial charge < -0.3 is 10.5 Å². The fraction of sp³-hybridized carbons (Fsp3) is 0.111. The van der Waals surface area contributed by atoms with Crippen molar-refractivity contribution in [1.29, 1.82) is 0 Å². The summed E-state index contributed by atoms with van der Waals surface area (Å²) in [6, 6.07) is 1.72. The molecule has 0 amide bonds. The maximum Gasteiger partial charge on any atom is 0.350 e. The third-order valence-corrected chi connectivity index (χ3v) is 3.58. The zero-order valence-electron chi connectivity index (χ0n) is 7.78. The minimum atomic E-state index is -0.454. The standard InChI is InChI=1S/C9H7ClN2O2S/c1-14-9(13)7-5(11)4-2-3-12-8(10)6(4)15-7/h2-3H,11H2,1H3. The van der Waals surface area contributed by atoms with E-state index in [1.54, 1.807) is 12.3 Å². The molecule has 0 unspecified atom stereocenters. The number of fused-ring (bicyclic) bond motifs is 1. The van der Waals surface area contributed by atoms with Crippen molar-refractivity contribution >= 4 is 44.7 Å². The quantitative estimate of drug-likeness (QED) is 0.616. The lowest BCUT2D eigenvalue weighted by molar-refractivity contribution is 0.0607. The fourth-order valence-electron chi connectivity index (χ4n) is 1.26. The molecule has 0 aliphatic carbocycles. The molecule has 78 valence electrons. The van der Waals surface area contributed by atoms with Gasteiger partial charge in [-0.25, -0.2) is 9.78 Å². The molecule has 0 bridgehead atoms. The molecule has 2 aromatic rings. The number of ether oxygens (including phenoxy) is 1. The monoisotopic (exact) mass is 242 g/mol. The van der Waals surface area contributed by atoms with Crippen LogP contribution in [0.2, 0.25) is 5.15 Å². The number of methoxy groups -OCH3 is 1. The van der Waals surface area contributed by atoms with Gasteiger partial charge in [0.25, 0.3) is 0 Å². The molecule has 0 fully saturated rings. The number of thiophene rings is 1. The van der Waals surface area contributed by atoms with Gasteiger partial charge in [-0.15, -0.1) is 11.3 Å². The Morgan fingerprint density at radius 2 is 2.40 bits per heavy atom. The van der Waals surface area contributed by atoms with E-state index in [2.05, 4.69) is 9.72 Å². The van der Waals surface area contributed by atoms with Gasteiger partial charge in [-0.05, 0) is 6.07 Å². The lowest BCUT2D eigenvalue weighted by Crippen LogP contribution is -2.01. The van der Waals surface area contributed by atoms with Gasteiger partial charge in [-0.3, -0.25) is 0 Å². The first kappa shape index (κ1) is 10.2. The van der Waals surface area contributed by atoms with Crippen molar-refractivity contribution in [2.75, 3.05) is 12.8 Å². The van der Waals surface area contributed by atoms with Gasteiger partial charge in [0.05, 0.1) is 17.5 Å². The zero-order valence-corrected chi connectivity index (χ0v) is 9.35. The maximum absolute atomic E-state index is 11.4. The highest BCUT2D eigenvalue weighted by Crippen LogP contribution is 2.36. The topological polar surface area (TPSA) is 65.2 Å². The van der Waals surface area contributed by atoms with Gasteiger partial charge >= 0.3 is 5.97 Å². The third-order valence-electron chi connectivity index (χ3n) is 1.97. The number of carbonyl (C=O) groups excluding carboxylic acids is 1. The second-order valence-electron chi connectivity index (χ2n) is 2.81. The van der Waals surface area contributed by atoms with Gasteiger partial charge in [0.1, 0.15) is 10.0 Å². The Balaban J connectivity index is 2.75. The summed E-state index contributed by atoms with van der Waals surface area (Å²) in [5, 5.41) is 1.08. The Kier molecular flexibility index (Phi) is 2.50. The molecular formula is C9H7ClN2O2S. The number of hydrogen-bond acceptors (Lipinski definition) is 5. The number of aromatic nitrogens is 1. The predicted molar refractivity (Wildman–Crippen MR) is 60.4 cm³/mol. The average Bonchev–Trinajstić information content (AvgIpc) is 2.57. The average molecular weight is 243 g/mol. The van der Waals surface area contributed by atoms with E-state index < -0.39 is 5.97 Å². The number of nitrogens with zero attached hydrogens (tertiary/aromatic N) is 1. The van der Waals surface area contributed by atoms with E-state index in [9.17, 15) is 4.79 Å². The Morgan fingerprint density at radius 3 is 3.00 bits per heavy atom. The molecule has 15 heavy (non-hydrogen) atoms. The van der Waals surface area contributed by atoms with Gasteiger partial charge in [-0.2, -0.15) is 0 Å². The molecule has 2 N–H and O–H groups in total. The lowest BCUT2D eigenvalue weighted by Gasteiger charge is -1.95. The van der Waals surface area contributed by atoms with Crippen LogP contribution in [0, 0.1) is 0 Å². The summed E-state index contributed by atoms with van der Waals surface area (Å²) in [4.78, 5) is 15.6. The Morgan fingerprint density at radius 1 is 1.67 bits per heavy atom. The van der Waals surface area contributed by atoms with E-state index in [4.69, 9.17) is 17.3 Å². The molecule has 6 heteroatoms. The number of hydrogen-bond donors (Lipinski definition) is 1. The Labute approximate surface area is 94.6 Å². The van der Waals surface area contributed by atoms with E-state index in [0.29, 0.717) is 20.4 Å². The first-order chi connectivity index (χ1) is 7.15. The zero-order chi connectivity index (χ0) is 11.0. The summed E-state index contributed by atoms with van der Waals surface area (Å²) in [6.45, 7) is 0. The summed E-state index contributed by atoms with van der Waals surface area (Å²) in [5.74, 6) is -0.454. The molecule has 2 aromatic heterocycles. The SMILES string of the molecule is COC(=O)c1sc2c(Cl)nccc2c1N. The highest BCUT2D eigenvalue weighted by molar-refractivity contribution is 7.22. The first-order valence-corrected chi connectivity index (χ1v) is 5.25. The molecule has 0 saturated heterocycles. The number of rotatable bonds is 1. The number of nitrogen functional groups attached to an aromatic ring is 1. The van der Waals surface area contributed by atoms with Crippen LogP contribution < -0.4 is 5.73 Å². The number of nitrogens with two attached hydrogens (primary N) is 1. The van der Waals surface area contributed by atoms with Crippen molar-refractivity contribution in [1.82, 2.24) is 4.98 Å². The Bertz CT molecular complexity index is 538. The molecule has 4 nitrogen and oxygen atoms in total. The van der Waals surface area contributed by atoms with E-state index in [1.165, 1.54) is 18.4 Å². The molecule has 0 atom stereocenters. The van der Waals surface area contributed by atoms with Crippen LogP contribution in [-0.4, -0.2) is 18.1 Å². The lowest BCUT2D eigenvalue weighted by atomic mass is 10.2. The molecule has 2 heterocycles. The van der Waals surface area contributed by atoms with Crippen LogP contribution in [0.3, 0.4) is 0 Å². The van der Waals surface area contributed by atoms with Crippen molar-refractivity contribution in [3.8, 4) is 0 Å². The number of anilines is 1. The fourth-order valence-corrected chi connectivity index (χ4v) is 2.54. The van der Waals surface area contributed by atoms with Gasteiger partial charge in [0.15, 0.2) is 0 Å². The molecule has 2 rings (SSSR count). The highest BCUT2D eigenvalue weighted by Gasteiger charge is 2.18. The number of halogens is 1. The second-order valence-corrected chi connectivity index (χ2v) is 4.19. The van der Waals surface area contributed by atoms with Crippen LogP contribution in [0.4, 0.5) is 5.69 Å². The van der Waals surface area contributed by atoms with Crippen LogP contribution in [0.5, 0.6) is 0 Å². The summed E-state index contributed by atoms with van der Waals surface area (Å²) in [5.41, 5.74) is 6.20. The minimum Gasteiger partial charge on any atom is -0.465 e. The second kappa shape index (κ2) is 3.67. The molecule has 0 aliphatic heterocycles. The van der Waals surface area contributed by atoms with Crippen molar-refractivity contribution in [3.05, 3.63) is 22.3 Å². The first-order valence-electron chi connectivity index (χ1n) is 4.06. The Hall–Kier alpha value is -1.33. The smallest absolute Gasteiger partial charge is 0.350 e. The van der Waals surface area contributed by atoms with Crippen molar-refractivity contribution in [2.24, 2.45) is 0 Å². The molecule has 0 saturated carbocycles. The molecule has 0 aliphatic rings. The van der Waals surface area contributed by atoms with E-state index >= 15 is 0 Å². The molecule has 0 spiro atoms. The molecule has 0 aromatic carbocycles. The molecule has 0 radical (unpaired) electrons. The van der Waals surface area contributed by atoms with Crippen molar-refractivity contribution in [3.63, 3.8) is 0 Å². The van der Waals surface area contributed by atoms with Gasteiger partial charge in [-0.1, -0.05) is 11.6 Å². The third kappa shape index (κ3) is 1.53. The van der Waals surface area contributed by atoms with E-state index in [1.807, 2.05) is 0 Å². The normalized spacial score (nSPS) is 10.5. The summed E-state index contributed by atoms with van der Waals surface area (Å²) in [6.07, 6.45) is 1.55. The largest absolute Gasteiger partial charge is 0.465 e. The van der Waals surface area contributed by atoms with E-state index in [-0.39, 0.29) is 0 Å². The van der Waals surface area contributed by atoms with Crippen molar-refractivity contribution < 1.29 is 9.53 Å². The number of esters is 1.